The van der Waals surface area contributed by atoms with Crippen LogP contribution in [0.1, 0.15) is 43.2 Å². The summed E-state index contributed by atoms with van der Waals surface area (Å²) in [4.78, 5) is 31.5. The first kappa shape index (κ1) is 21.3. The van der Waals surface area contributed by atoms with Gasteiger partial charge >= 0.3 is 0 Å². The minimum atomic E-state index is 0.0638. The zero-order chi connectivity index (χ0) is 20.9. The molecule has 1 N–H and O–H groups in total. The Morgan fingerprint density at radius 3 is 2.47 bits per heavy atom. The monoisotopic (exact) mass is 412 g/mol. The number of benzene rings is 1. The smallest absolute Gasteiger partial charge is 0.225 e. The van der Waals surface area contributed by atoms with Crippen LogP contribution in [0.2, 0.25) is 0 Å². The molecule has 6 nitrogen and oxygen atoms in total. The van der Waals surface area contributed by atoms with Crippen molar-refractivity contribution in [1.82, 2.24) is 20.0 Å². The second-order valence-electron chi connectivity index (χ2n) is 9.17. The molecule has 0 radical (unpaired) electrons. The third kappa shape index (κ3) is 5.22. The lowest BCUT2D eigenvalue weighted by molar-refractivity contribution is -0.137. The number of rotatable bonds is 4. The summed E-state index contributed by atoms with van der Waals surface area (Å²) in [5.74, 6) is 0.462. The Bertz CT molecular complexity index is 736. The number of likely N-dealkylation sites (tertiary alicyclic amines) is 2. The highest BCUT2D eigenvalue weighted by Gasteiger charge is 2.33. The van der Waals surface area contributed by atoms with Crippen LogP contribution in [0.15, 0.2) is 24.3 Å². The fourth-order valence-electron chi connectivity index (χ4n) is 5.23. The molecule has 0 saturated carbocycles. The number of aryl methyl sites for hydroxylation is 1. The first-order chi connectivity index (χ1) is 14.6. The van der Waals surface area contributed by atoms with Crippen LogP contribution in [0.25, 0.3) is 0 Å². The van der Waals surface area contributed by atoms with E-state index < -0.39 is 0 Å². The van der Waals surface area contributed by atoms with Gasteiger partial charge in [-0.2, -0.15) is 0 Å². The zero-order valence-electron chi connectivity index (χ0n) is 18.3. The summed E-state index contributed by atoms with van der Waals surface area (Å²) < 4.78 is 0. The summed E-state index contributed by atoms with van der Waals surface area (Å²) >= 11 is 0. The number of nitrogens with zero attached hydrogens (tertiary/aromatic N) is 3. The van der Waals surface area contributed by atoms with Crippen LogP contribution in [0.4, 0.5) is 0 Å². The van der Waals surface area contributed by atoms with Crippen molar-refractivity contribution in [3.8, 4) is 0 Å². The SMILES string of the molecule is Cc1ccccc1CN1CCC(N2CCC(C(=O)N3CCNC(=O)CC3)CC2)CC1. The number of amides is 2. The van der Waals surface area contributed by atoms with Crippen LogP contribution >= 0.6 is 0 Å². The molecule has 3 aliphatic rings. The standard InChI is InChI=1S/C24H36N4O2/c1-19-4-2-3-5-21(19)18-26-12-8-22(9-13-26)27-14-6-20(7-15-27)24(30)28-16-10-23(29)25-11-17-28/h2-5,20,22H,6-18H2,1H3,(H,25,29). The Labute approximate surface area is 180 Å². The van der Waals surface area contributed by atoms with Crippen LogP contribution in [0, 0.1) is 12.8 Å². The van der Waals surface area contributed by atoms with Crippen LogP contribution in [0.3, 0.4) is 0 Å². The lowest BCUT2D eigenvalue weighted by Crippen LogP contribution is -2.49. The summed E-state index contributed by atoms with van der Waals surface area (Å²) in [5.41, 5.74) is 2.83. The van der Waals surface area contributed by atoms with Gasteiger partial charge in [-0.1, -0.05) is 24.3 Å². The molecule has 0 aliphatic carbocycles. The second kappa shape index (κ2) is 9.92. The molecule has 164 valence electrons. The number of hydrogen-bond acceptors (Lipinski definition) is 4. The predicted octanol–water partition coefficient (Wildman–Crippen LogP) is 2.02. The highest BCUT2D eigenvalue weighted by atomic mass is 16.2. The fraction of sp³-hybridized carbons (Fsp3) is 0.667. The van der Waals surface area contributed by atoms with Crippen molar-refractivity contribution in [2.45, 2.75) is 51.6 Å². The van der Waals surface area contributed by atoms with E-state index in [-0.39, 0.29) is 17.7 Å². The third-order valence-electron chi connectivity index (χ3n) is 7.23. The highest BCUT2D eigenvalue weighted by Crippen LogP contribution is 2.26. The summed E-state index contributed by atoms with van der Waals surface area (Å²) in [5, 5.41) is 2.86. The van der Waals surface area contributed by atoms with Crippen molar-refractivity contribution < 1.29 is 9.59 Å². The molecule has 0 unspecified atom stereocenters. The van der Waals surface area contributed by atoms with Gasteiger partial charge in [-0.3, -0.25) is 14.5 Å². The second-order valence-corrected chi connectivity index (χ2v) is 9.17. The summed E-state index contributed by atoms with van der Waals surface area (Å²) in [6.07, 6.45) is 4.81. The summed E-state index contributed by atoms with van der Waals surface area (Å²) in [7, 11) is 0. The van der Waals surface area contributed by atoms with Gasteiger partial charge in [0, 0.05) is 44.6 Å². The Balaban J connectivity index is 1.21. The summed E-state index contributed by atoms with van der Waals surface area (Å²) in [6, 6.07) is 9.37. The molecule has 3 heterocycles. The molecule has 1 aromatic rings. The molecular weight excluding hydrogens is 376 g/mol. The van der Waals surface area contributed by atoms with E-state index in [1.54, 1.807) is 0 Å². The molecule has 1 aromatic carbocycles. The Hall–Kier alpha value is -1.92. The van der Waals surface area contributed by atoms with Gasteiger partial charge in [0.1, 0.15) is 0 Å². The highest BCUT2D eigenvalue weighted by molar-refractivity contribution is 5.81. The van der Waals surface area contributed by atoms with Crippen molar-refractivity contribution >= 4 is 11.8 Å². The first-order valence-electron chi connectivity index (χ1n) is 11.7. The Morgan fingerprint density at radius 1 is 1.00 bits per heavy atom. The zero-order valence-corrected chi connectivity index (χ0v) is 18.3. The number of nitrogens with one attached hydrogen (secondary N) is 1. The van der Waals surface area contributed by atoms with Gasteiger partial charge in [0.05, 0.1) is 0 Å². The van der Waals surface area contributed by atoms with E-state index in [9.17, 15) is 9.59 Å². The molecule has 3 fully saturated rings. The van der Waals surface area contributed by atoms with Gasteiger partial charge in [-0.25, -0.2) is 0 Å². The molecule has 6 heteroatoms. The Morgan fingerprint density at radius 2 is 1.73 bits per heavy atom. The van der Waals surface area contributed by atoms with E-state index in [1.165, 1.54) is 24.0 Å². The van der Waals surface area contributed by atoms with Gasteiger partial charge in [-0.15, -0.1) is 0 Å². The van der Waals surface area contributed by atoms with Crippen LogP contribution in [-0.2, 0) is 16.1 Å². The minimum Gasteiger partial charge on any atom is -0.354 e. The minimum absolute atomic E-state index is 0.0638. The normalized spacial score (nSPS) is 23.2. The van der Waals surface area contributed by atoms with E-state index in [0.717, 1.165) is 45.6 Å². The average molecular weight is 413 g/mol. The van der Waals surface area contributed by atoms with Crippen molar-refractivity contribution in [3.63, 3.8) is 0 Å². The lowest BCUT2D eigenvalue weighted by atomic mass is 9.92. The molecular formula is C24H36N4O2. The van der Waals surface area contributed by atoms with Crippen molar-refractivity contribution in [2.24, 2.45) is 5.92 Å². The maximum atomic E-state index is 12.9. The number of carbonyl (C=O) groups is 2. The largest absolute Gasteiger partial charge is 0.354 e. The molecule has 3 aliphatic heterocycles. The van der Waals surface area contributed by atoms with Gasteiger partial charge in [0.15, 0.2) is 0 Å². The Kier molecular flexibility index (Phi) is 7.05. The maximum absolute atomic E-state index is 12.9. The quantitative estimate of drug-likeness (QED) is 0.822. The summed E-state index contributed by atoms with van der Waals surface area (Å²) in [6.45, 7) is 9.46. The van der Waals surface area contributed by atoms with Gasteiger partial charge in [-0.05, 0) is 69.9 Å². The first-order valence-corrected chi connectivity index (χ1v) is 11.7. The van der Waals surface area contributed by atoms with Crippen molar-refractivity contribution in [3.05, 3.63) is 35.4 Å². The maximum Gasteiger partial charge on any atom is 0.225 e. The van der Waals surface area contributed by atoms with E-state index in [2.05, 4.69) is 46.3 Å². The molecule has 4 rings (SSSR count). The van der Waals surface area contributed by atoms with Crippen LogP contribution in [-0.4, -0.2) is 78.4 Å². The number of hydrogen-bond donors (Lipinski definition) is 1. The van der Waals surface area contributed by atoms with Gasteiger partial charge in [0.2, 0.25) is 11.8 Å². The van der Waals surface area contributed by atoms with Crippen LogP contribution < -0.4 is 5.32 Å². The van der Waals surface area contributed by atoms with Crippen LogP contribution in [0.5, 0.6) is 0 Å². The van der Waals surface area contributed by atoms with E-state index in [0.29, 0.717) is 32.1 Å². The molecule has 0 atom stereocenters. The number of carbonyl (C=O) groups excluding carboxylic acids is 2. The molecule has 0 bridgehead atoms. The van der Waals surface area contributed by atoms with E-state index in [1.807, 2.05) is 4.90 Å². The van der Waals surface area contributed by atoms with Crippen molar-refractivity contribution in [2.75, 3.05) is 45.8 Å². The average Bonchev–Trinajstić information content (AvgIpc) is 3.00. The van der Waals surface area contributed by atoms with Gasteiger partial charge < -0.3 is 15.1 Å². The third-order valence-corrected chi connectivity index (χ3v) is 7.23. The van der Waals surface area contributed by atoms with E-state index in [4.69, 9.17) is 0 Å². The molecule has 2 amide bonds. The van der Waals surface area contributed by atoms with Crippen molar-refractivity contribution in [1.29, 1.82) is 0 Å². The predicted molar refractivity (Wildman–Crippen MR) is 118 cm³/mol. The fourth-order valence-corrected chi connectivity index (χ4v) is 5.23. The lowest BCUT2D eigenvalue weighted by Gasteiger charge is -2.42. The van der Waals surface area contributed by atoms with E-state index >= 15 is 0 Å². The molecule has 0 spiro atoms. The molecule has 3 saturated heterocycles. The molecule has 0 aromatic heterocycles. The molecule has 30 heavy (non-hydrogen) atoms. The number of piperidine rings is 2. The topological polar surface area (TPSA) is 55.9 Å². The van der Waals surface area contributed by atoms with Gasteiger partial charge in [0.25, 0.3) is 0 Å².